The standard InChI is InChI=1S/C24H32N2O2/c1-15(2)14-26-21-5-4-20(10-19(21)3-6-22(26)27)25-23(28)24-11-16-7-17(12-24)9-18(8-16)13-24/h4-5,10,15-18H,3,6-9,11-14H2,1-2H3,(H,25,28). The Balaban J connectivity index is 1.35. The molecule has 1 aliphatic heterocycles. The number of hydrogen-bond donors (Lipinski definition) is 1. The van der Waals surface area contributed by atoms with Crippen LogP contribution in [0.2, 0.25) is 0 Å². The molecule has 150 valence electrons. The van der Waals surface area contributed by atoms with Gasteiger partial charge in [0.25, 0.3) is 0 Å². The molecule has 0 aromatic heterocycles. The summed E-state index contributed by atoms with van der Waals surface area (Å²) in [6, 6.07) is 6.13. The Morgan fingerprint density at radius 3 is 2.36 bits per heavy atom. The number of carbonyl (C=O) groups is 2. The molecule has 2 amide bonds. The Hall–Kier alpha value is -1.84. The first-order valence-electron chi connectivity index (χ1n) is 11.2. The molecule has 4 saturated carbocycles. The van der Waals surface area contributed by atoms with Gasteiger partial charge in [-0.3, -0.25) is 9.59 Å². The molecule has 1 aromatic rings. The lowest BCUT2D eigenvalue weighted by atomic mass is 9.49. The number of carbonyl (C=O) groups excluding carboxylic acids is 2. The summed E-state index contributed by atoms with van der Waals surface area (Å²) in [7, 11) is 0. The third kappa shape index (κ3) is 3.05. The van der Waals surface area contributed by atoms with Gasteiger partial charge in [-0.15, -0.1) is 0 Å². The van der Waals surface area contributed by atoms with Crippen LogP contribution in [0.25, 0.3) is 0 Å². The van der Waals surface area contributed by atoms with E-state index in [1.165, 1.54) is 24.8 Å². The van der Waals surface area contributed by atoms with Gasteiger partial charge in [-0.2, -0.15) is 0 Å². The van der Waals surface area contributed by atoms with E-state index in [0.717, 1.165) is 61.4 Å². The second-order valence-electron chi connectivity index (χ2n) is 10.4. The number of nitrogens with zero attached hydrogens (tertiary/aromatic N) is 1. The number of rotatable bonds is 4. The molecule has 4 nitrogen and oxygen atoms in total. The predicted octanol–water partition coefficient (Wildman–Crippen LogP) is 4.78. The highest BCUT2D eigenvalue weighted by Gasteiger charge is 2.54. The first-order valence-corrected chi connectivity index (χ1v) is 11.2. The molecule has 0 spiro atoms. The maximum Gasteiger partial charge on any atom is 0.230 e. The van der Waals surface area contributed by atoms with Crippen molar-refractivity contribution in [1.29, 1.82) is 0 Å². The highest BCUT2D eigenvalue weighted by Crippen LogP contribution is 2.60. The van der Waals surface area contributed by atoms with Gasteiger partial charge in [0.1, 0.15) is 0 Å². The Bertz CT molecular complexity index is 778. The summed E-state index contributed by atoms with van der Waals surface area (Å²) in [6.07, 6.45) is 8.66. The summed E-state index contributed by atoms with van der Waals surface area (Å²) in [5, 5.41) is 3.27. The predicted molar refractivity (Wildman–Crippen MR) is 111 cm³/mol. The van der Waals surface area contributed by atoms with E-state index in [-0.39, 0.29) is 17.2 Å². The largest absolute Gasteiger partial charge is 0.326 e. The van der Waals surface area contributed by atoms with Gasteiger partial charge in [-0.05, 0) is 92.4 Å². The Morgan fingerprint density at radius 2 is 1.75 bits per heavy atom. The van der Waals surface area contributed by atoms with Crippen molar-refractivity contribution in [2.75, 3.05) is 16.8 Å². The van der Waals surface area contributed by atoms with E-state index >= 15 is 0 Å². The van der Waals surface area contributed by atoms with Gasteiger partial charge in [-0.1, -0.05) is 13.8 Å². The molecule has 4 heteroatoms. The minimum Gasteiger partial charge on any atom is -0.326 e. The van der Waals surface area contributed by atoms with Gasteiger partial charge in [0.05, 0.1) is 5.41 Å². The van der Waals surface area contributed by atoms with Crippen molar-refractivity contribution in [3.63, 3.8) is 0 Å². The van der Waals surface area contributed by atoms with E-state index in [2.05, 4.69) is 25.2 Å². The van der Waals surface area contributed by atoms with Crippen LogP contribution in [0.1, 0.15) is 64.4 Å². The van der Waals surface area contributed by atoms with E-state index in [1.807, 2.05) is 17.0 Å². The quantitative estimate of drug-likeness (QED) is 0.817. The van der Waals surface area contributed by atoms with E-state index in [4.69, 9.17) is 0 Å². The highest BCUT2D eigenvalue weighted by molar-refractivity contribution is 5.98. The Labute approximate surface area is 168 Å². The maximum atomic E-state index is 13.3. The zero-order chi connectivity index (χ0) is 19.5. The molecular weight excluding hydrogens is 348 g/mol. The third-order valence-corrected chi connectivity index (χ3v) is 7.61. The third-order valence-electron chi connectivity index (χ3n) is 7.61. The molecule has 0 radical (unpaired) electrons. The molecule has 1 heterocycles. The number of anilines is 2. The molecule has 5 aliphatic rings. The molecule has 0 atom stereocenters. The SMILES string of the molecule is CC(C)CN1C(=O)CCc2cc(NC(=O)C34CC5CC(CC(C5)C3)C4)ccc21. The second kappa shape index (κ2) is 6.60. The fraction of sp³-hybridized carbons (Fsp3) is 0.667. The molecule has 4 bridgehead atoms. The van der Waals surface area contributed by atoms with Crippen molar-refractivity contribution in [3.8, 4) is 0 Å². The molecule has 4 aliphatic carbocycles. The molecular formula is C24H32N2O2. The number of benzene rings is 1. The van der Waals surface area contributed by atoms with Crippen LogP contribution in [0.4, 0.5) is 11.4 Å². The Kier molecular flexibility index (Phi) is 4.29. The van der Waals surface area contributed by atoms with E-state index in [1.54, 1.807) is 0 Å². The van der Waals surface area contributed by atoms with E-state index in [0.29, 0.717) is 12.3 Å². The van der Waals surface area contributed by atoms with Crippen LogP contribution in [0.3, 0.4) is 0 Å². The normalized spacial score (nSPS) is 33.3. The number of aryl methyl sites for hydroxylation is 1. The molecule has 4 fully saturated rings. The monoisotopic (exact) mass is 380 g/mol. The lowest BCUT2D eigenvalue weighted by molar-refractivity contribution is -0.140. The smallest absolute Gasteiger partial charge is 0.230 e. The molecule has 1 N–H and O–H groups in total. The molecule has 28 heavy (non-hydrogen) atoms. The van der Waals surface area contributed by atoms with Gasteiger partial charge < -0.3 is 10.2 Å². The Morgan fingerprint density at radius 1 is 1.11 bits per heavy atom. The summed E-state index contributed by atoms with van der Waals surface area (Å²) in [6.45, 7) is 5.04. The number of nitrogens with one attached hydrogen (secondary N) is 1. The first-order chi connectivity index (χ1) is 13.4. The van der Waals surface area contributed by atoms with Crippen LogP contribution in [0.15, 0.2) is 18.2 Å². The van der Waals surface area contributed by atoms with Gasteiger partial charge in [-0.25, -0.2) is 0 Å². The fourth-order valence-corrected chi connectivity index (χ4v) is 6.86. The fourth-order valence-electron chi connectivity index (χ4n) is 6.86. The average molecular weight is 381 g/mol. The lowest BCUT2D eigenvalue weighted by Crippen LogP contribution is -2.51. The zero-order valence-electron chi connectivity index (χ0n) is 17.2. The van der Waals surface area contributed by atoms with Crippen LogP contribution >= 0.6 is 0 Å². The van der Waals surface area contributed by atoms with Gasteiger partial charge in [0, 0.05) is 24.3 Å². The van der Waals surface area contributed by atoms with Crippen molar-refractivity contribution < 1.29 is 9.59 Å². The van der Waals surface area contributed by atoms with Crippen molar-refractivity contribution in [1.82, 2.24) is 0 Å². The number of hydrogen-bond acceptors (Lipinski definition) is 2. The molecule has 0 unspecified atom stereocenters. The van der Waals surface area contributed by atoms with E-state index in [9.17, 15) is 9.59 Å². The summed E-state index contributed by atoms with van der Waals surface area (Å²) in [5.74, 6) is 3.22. The number of fused-ring (bicyclic) bond motifs is 1. The van der Waals surface area contributed by atoms with Gasteiger partial charge in [0.2, 0.25) is 11.8 Å². The van der Waals surface area contributed by atoms with Crippen molar-refractivity contribution >= 4 is 23.2 Å². The molecule has 6 rings (SSSR count). The van der Waals surface area contributed by atoms with Crippen LogP contribution in [0, 0.1) is 29.1 Å². The minimum absolute atomic E-state index is 0.121. The van der Waals surface area contributed by atoms with Crippen LogP contribution in [-0.2, 0) is 16.0 Å². The van der Waals surface area contributed by atoms with Crippen LogP contribution in [-0.4, -0.2) is 18.4 Å². The maximum absolute atomic E-state index is 13.3. The zero-order valence-corrected chi connectivity index (χ0v) is 17.2. The lowest BCUT2D eigenvalue weighted by Gasteiger charge is -2.55. The average Bonchev–Trinajstić information content (AvgIpc) is 2.63. The summed E-state index contributed by atoms with van der Waals surface area (Å²) in [5.41, 5.74) is 2.99. The molecule has 1 aromatic carbocycles. The highest BCUT2D eigenvalue weighted by atomic mass is 16.2. The number of amides is 2. The van der Waals surface area contributed by atoms with Gasteiger partial charge in [0.15, 0.2) is 0 Å². The van der Waals surface area contributed by atoms with Crippen molar-refractivity contribution in [2.45, 2.75) is 65.2 Å². The first kappa shape index (κ1) is 18.2. The molecule has 0 saturated heterocycles. The van der Waals surface area contributed by atoms with Crippen molar-refractivity contribution in [2.24, 2.45) is 29.1 Å². The summed E-state index contributed by atoms with van der Waals surface area (Å²) >= 11 is 0. The topological polar surface area (TPSA) is 49.4 Å². The second-order valence-corrected chi connectivity index (χ2v) is 10.4. The van der Waals surface area contributed by atoms with Gasteiger partial charge >= 0.3 is 0 Å². The minimum atomic E-state index is -0.121. The van der Waals surface area contributed by atoms with Crippen LogP contribution in [0.5, 0.6) is 0 Å². The van der Waals surface area contributed by atoms with E-state index < -0.39 is 0 Å². The summed E-state index contributed by atoms with van der Waals surface area (Å²) in [4.78, 5) is 27.6. The van der Waals surface area contributed by atoms with Crippen molar-refractivity contribution in [3.05, 3.63) is 23.8 Å². The summed E-state index contributed by atoms with van der Waals surface area (Å²) < 4.78 is 0. The van der Waals surface area contributed by atoms with Crippen LogP contribution < -0.4 is 10.2 Å².